The molecular weight excluding hydrogens is 283 g/mol. The van der Waals surface area contributed by atoms with E-state index in [0.717, 1.165) is 18.5 Å². The van der Waals surface area contributed by atoms with E-state index in [0.29, 0.717) is 6.08 Å². The molecule has 0 atom stereocenters. The van der Waals surface area contributed by atoms with Gasteiger partial charge in [0.2, 0.25) is 0 Å². The molecule has 0 aromatic carbocycles. The molecule has 0 aliphatic carbocycles. The monoisotopic (exact) mass is 293 g/mol. The van der Waals surface area contributed by atoms with Gasteiger partial charge < -0.3 is 14.6 Å². The molecule has 21 heavy (non-hydrogen) atoms. The van der Waals surface area contributed by atoms with E-state index in [-0.39, 0.29) is 36.8 Å². The second-order valence-corrected chi connectivity index (χ2v) is 3.38. The summed E-state index contributed by atoms with van der Waals surface area (Å²) in [4.78, 5) is 25.8. The Balaban J connectivity index is 0.00000400. The van der Waals surface area contributed by atoms with Gasteiger partial charge >= 0.3 is 31.4 Å². The van der Waals surface area contributed by atoms with E-state index >= 15 is 0 Å². The molecule has 1 aromatic rings. The van der Waals surface area contributed by atoms with E-state index in [1.165, 1.54) is 6.92 Å². The van der Waals surface area contributed by atoms with Crippen molar-refractivity contribution in [1.82, 2.24) is 4.98 Å². The summed E-state index contributed by atoms with van der Waals surface area (Å²) in [7, 11) is 0. The standard InChI is InChI=1S/C12H11F2NO5.Li/c1-2-19-11(18)10(17)4-9(16)7-3-8(6-15-5-7)20-12(13)14;/h3-6,12,16H,2H2,1H3;/q;+1/p-1/b9-4-;. The smallest absolute Gasteiger partial charge is 0.872 e. The molecule has 1 aromatic heterocycles. The summed E-state index contributed by atoms with van der Waals surface area (Å²) >= 11 is 0. The third-order valence-corrected chi connectivity index (χ3v) is 1.96. The van der Waals surface area contributed by atoms with Crippen molar-refractivity contribution in [2.24, 2.45) is 0 Å². The van der Waals surface area contributed by atoms with Gasteiger partial charge in [0.1, 0.15) is 5.75 Å². The van der Waals surface area contributed by atoms with Gasteiger partial charge in [-0.3, -0.25) is 9.78 Å². The van der Waals surface area contributed by atoms with Crippen LogP contribution in [0, 0.1) is 0 Å². The van der Waals surface area contributed by atoms with Crippen molar-refractivity contribution in [2.75, 3.05) is 6.61 Å². The van der Waals surface area contributed by atoms with Gasteiger partial charge in [0.25, 0.3) is 5.78 Å². The minimum Gasteiger partial charge on any atom is -0.872 e. The molecule has 0 spiro atoms. The normalized spacial score (nSPS) is 10.8. The number of aromatic nitrogens is 1. The number of carbonyl (C=O) groups is 2. The molecule has 0 unspecified atom stereocenters. The van der Waals surface area contributed by atoms with E-state index < -0.39 is 24.1 Å². The Morgan fingerprint density at radius 3 is 2.67 bits per heavy atom. The maximum absolute atomic E-state index is 12.0. The summed E-state index contributed by atoms with van der Waals surface area (Å²) in [6.07, 6.45) is 2.53. The number of pyridine rings is 1. The number of rotatable bonds is 6. The molecule has 0 aliphatic heterocycles. The second-order valence-electron chi connectivity index (χ2n) is 3.38. The fraction of sp³-hybridized carbons (Fsp3) is 0.250. The summed E-state index contributed by atoms with van der Waals surface area (Å²) in [5.41, 5.74) is -0.166. The van der Waals surface area contributed by atoms with Gasteiger partial charge in [0, 0.05) is 6.20 Å². The summed E-state index contributed by atoms with van der Waals surface area (Å²) in [5.74, 6) is -3.51. The average molecular weight is 293 g/mol. The molecule has 0 N–H and O–H groups in total. The summed E-state index contributed by atoms with van der Waals surface area (Å²) in [5, 5.41) is 11.6. The summed E-state index contributed by atoms with van der Waals surface area (Å²) in [6, 6.07) is 0.983. The van der Waals surface area contributed by atoms with E-state index in [4.69, 9.17) is 0 Å². The first kappa shape index (κ1) is 19.1. The van der Waals surface area contributed by atoms with Crippen molar-refractivity contribution in [3.63, 3.8) is 0 Å². The zero-order valence-corrected chi connectivity index (χ0v) is 11.3. The van der Waals surface area contributed by atoms with Crippen LogP contribution in [-0.2, 0) is 14.3 Å². The zero-order chi connectivity index (χ0) is 15.1. The predicted octanol–water partition coefficient (Wildman–Crippen LogP) is -2.48. The molecule has 9 heteroatoms. The summed E-state index contributed by atoms with van der Waals surface area (Å²) in [6.45, 7) is -1.57. The van der Waals surface area contributed by atoms with Crippen LogP contribution in [0.25, 0.3) is 5.76 Å². The zero-order valence-electron chi connectivity index (χ0n) is 11.3. The van der Waals surface area contributed by atoms with Crippen molar-refractivity contribution >= 4 is 17.5 Å². The fourth-order valence-corrected chi connectivity index (χ4v) is 1.18. The van der Waals surface area contributed by atoms with Crippen LogP contribution in [0.2, 0.25) is 0 Å². The van der Waals surface area contributed by atoms with Crippen LogP contribution in [0.15, 0.2) is 24.5 Å². The first-order chi connectivity index (χ1) is 9.43. The van der Waals surface area contributed by atoms with Gasteiger partial charge in [-0.1, -0.05) is 5.76 Å². The minimum absolute atomic E-state index is 0. The number of carbonyl (C=O) groups excluding carboxylic acids is 2. The first-order valence-corrected chi connectivity index (χ1v) is 5.44. The molecular formula is C12H10F2LiNO5. The van der Waals surface area contributed by atoms with E-state index in [9.17, 15) is 23.5 Å². The molecule has 0 radical (unpaired) electrons. The maximum atomic E-state index is 12.0. The Bertz CT molecular complexity index is 536. The number of esters is 1. The molecule has 1 rings (SSSR count). The van der Waals surface area contributed by atoms with Crippen LogP contribution in [-0.4, -0.2) is 30.0 Å². The van der Waals surface area contributed by atoms with Crippen molar-refractivity contribution in [3.8, 4) is 5.75 Å². The topological polar surface area (TPSA) is 88.6 Å². The van der Waals surface area contributed by atoms with Crippen LogP contribution >= 0.6 is 0 Å². The molecule has 0 saturated heterocycles. The van der Waals surface area contributed by atoms with Gasteiger partial charge in [-0.05, 0) is 24.6 Å². The Hall–Kier alpha value is -1.91. The molecule has 1 heterocycles. The number of ketones is 1. The Morgan fingerprint density at radius 2 is 2.10 bits per heavy atom. The fourth-order valence-electron chi connectivity index (χ4n) is 1.18. The Morgan fingerprint density at radius 1 is 1.43 bits per heavy atom. The average Bonchev–Trinajstić information content (AvgIpc) is 2.38. The molecule has 6 nitrogen and oxygen atoms in total. The molecule has 0 aliphatic rings. The molecule has 0 saturated carbocycles. The van der Waals surface area contributed by atoms with Crippen molar-refractivity contribution in [3.05, 3.63) is 30.1 Å². The number of hydrogen-bond donors (Lipinski definition) is 0. The molecule has 0 amide bonds. The first-order valence-electron chi connectivity index (χ1n) is 5.44. The number of halogens is 2. The number of alkyl halides is 2. The van der Waals surface area contributed by atoms with Crippen LogP contribution in [0.1, 0.15) is 12.5 Å². The van der Waals surface area contributed by atoms with Crippen LogP contribution in [0.5, 0.6) is 5.75 Å². The minimum atomic E-state index is -3.06. The molecule has 0 bridgehead atoms. The van der Waals surface area contributed by atoms with Crippen molar-refractivity contribution < 1.29 is 51.8 Å². The quantitative estimate of drug-likeness (QED) is 0.190. The van der Waals surface area contributed by atoms with Gasteiger partial charge in [-0.2, -0.15) is 8.78 Å². The van der Waals surface area contributed by atoms with Gasteiger partial charge in [0.05, 0.1) is 12.8 Å². The van der Waals surface area contributed by atoms with Gasteiger partial charge in [-0.25, -0.2) is 4.79 Å². The summed E-state index contributed by atoms with van der Waals surface area (Å²) < 4.78 is 32.5. The van der Waals surface area contributed by atoms with Crippen LogP contribution in [0.3, 0.4) is 0 Å². The van der Waals surface area contributed by atoms with Gasteiger partial charge in [0.15, 0.2) is 0 Å². The second kappa shape index (κ2) is 9.10. The Labute approximate surface area is 130 Å². The number of ether oxygens (including phenoxy) is 2. The van der Waals surface area contributed by atoms with Crippen molar-refractivity contribution in [2.45, 2.75) is 13.5 Å². The maximum Gasteiger partial charge on any atom is 1.00 e. The molecule has 108 valence electrons. The largest absolute Gasteiger partial charge is 1.00 e. The predicted molar refractivity (Wildman–Crippen MR) is 60.5 cm³/mol. The molecule has 0 fully saturated rings. The third-order valence-electron chi connectivity index (χ3n) is 1.96. The van der Waals surface area contributed by atoms with E-state index in [2.05, 4.69) is 14.5 Å². The van der Waals surface area contributed by atoms with E-state index in [1.54, 1.807) is 0 Å². The van der Waals surface area contributed by atoms with Crippen molar-refractivity contribution in [1.29, 1.82) is 0 Å². The number of nitrogens with zero attached hydrogens (tertiary/aromatic N) is 1. The van der Waals surface area contributed by atoms with E-state index in [1.807, 2.05) is 0 Å². The Kier molecular flexibility index (Phi) is 8.27. The third kappa shape index (κ3) is 6.38. The van der Waals surface area contributed by atoms with Gasteiger partial charge in [-0.15, -0.1) is 0 Å². The number of hydrogen-bond acceptors (Lipinski definition) is 6. The van der Waals surface area contributed by atoms with Crippen LogP contribution in [0.4, 0.5) is 8.78 Å². The SMILES string of the molecule is CCOC(=O)C(=O)/C=C(\[O-])c1cncc(OC(F)F)c1.[Li+]. The van der Waals surface area contributed by atoms with Crippen LogP contribution < -0.4 is 28.7 Å².